The van der Waals surface area contributed by atoms with Crippen LogP contribution in [0.3, 0.4) is 0 Å². The smallest absolute Gasteiger partial charge is 0.208 e. The third kappa shape index (κ3) is 2.14. The van der Waals surface area contributed by atoms with Crippen LogP contribution in [0.1, 0.15) is 0 Å². The first-order valence-electron chi connectivity index (χ1n) is 5.07. The molecule has 4 nitrogen and oxygen atoms in total. The van der Waals surface area contributed by atoms with Crippen molar-refractivity contribution in [3.63, 3.8) is 0 Å². The summed E-state index contributed by atoms with van der Waals surface area (Å²) in [6.07, 6.45) is 0. The minimum Gasteiger partial charge on any atom is -0.399 e. The summed E-state index contributed by atoms with van der Waals surface area (Å²) < 4.78 is 24.7. The number of rotatable bonds is 2. The Morgan fingerprint density at radius 1 is 1.00 bits per heavy atom. The topological polar surface area (TPSA) is 86.2 Å². The molecule has 2 aromatic carbocycles. The van der Waals surface area contributed by atoms with Crippen molar-refractivity contribution >= 4 is 32.8 Å². The molecule has 4 N–H and O–H groups in total. The van der Waals surface area contributed by atoms with Crippen LogP contribution < -0.4 is 11.5 Å². The van der Waals surface area contributed by atoms with Gasteiger partial charge in [0, 0.05) is 5.69 Å². The second-order valence-electron chi connectivity index (χ2n) is 3.73. The highest BCUT2D eigenvalue weighted by atomic mass is 35.5. The first kappa shape index (κ1) is 12.7. The van der Waals surface area contributed by atoms with Crippen LogP contribution in [0.4, 0.5) is 11.4 Å². The number of anilines is 2. The van der Waals surface area contributed by atoms with Crippen LogP contribution in [0.5, 0.6) is 0 Å². The van der Waals surface area contributed by atoms with Crippen LogP contribution >= 0.6 is 11.6 Å². The van der Waals surface area contributed by atoms with E-state index < -0.39 is 9.84 Å². The Bertz CT molecular complexity index is 685. The van der Waals surface area contributed by atoms with E-state index in [1.54, 1.807) is 18.2 Å². The van der Waals surface area contributed by atoms with Crippen molar-refractivity contribution in [1.29, 1.82) is 0 Å². The maximum Gasteiger partial charge on any atom is 0.208 e. The summed E-state index contributed by atoms with van der Waals surface area (Å²) in [5.41, 5.74) is 11.6. The van der Waals surface area contributed by atoms with Gasteiger partial charge in [0.05, 0.1) is 20.5 Å². The summed E-state index contributed by atoms with van der Waals surface area (Å²) in [6, 6.07) is 10.7. The van der Waals surface area contributed by atoms with Gasteiger partial charge in [-0.1, -0.05) is 29.8 Å². The Morgan fingerprint density at radius 3 is 2.22 bits per heavy atom. The van der Waals surface area contributed by atoms with Gasteiger partial charge in [0.15, 0.2) is 0 Å². The first-order valence-corrected chi connectivity index (χ1v) is 6.93. The van der Waals surface area contributed by atoms with Gasteiger partial charge in [-0.15, -0.1) is 0 Å². The monoisotopic (exact) mass is 282 g/mol. The number of hydrogen-bond acceptors (Lipinski definition) is 4. The highest BCUT2D eigenvalue weighted by Crippen LogP contribution is 2.33. The molecule has 0 spiro atoms. The SMILES string of the molecule is Nc1cc(Cl)c(N)c(S(=O)(=O)c2ccccc2)c1. The zero-order valence-corrected chi connectivity index (χ0v) is 10.9. The fourth-order valence-corrected chi connectivity index (χ4v) is 3.31. The van der Waals surface area contributed by atoms with Crippen LogP contribution in [0.15, 0.2) is 52.3 Å². The molecular weight excluding hydrogens is 272 g/mol. The number of nitrogens with two attached hydrogens (primary N) is 2. The molecule has 0 amide bonds. The molecular formula is C12H11ClN2O2S. The van der Waals surface area contributed by atoms with Gasteiger partial charge in [0.25, 0.3) is 0 Å². The van der Waals surface area contributed by atoms with Crippen molar-refractivity contribution in [1.82, 2.24) is 0 Å². The Balaban J connectivity index is 2.70. The maximum atomic E-state index is 12.4. The van der Waals surface area contributed by atoms with E-state index >= 15 is 0 Å². The predicted octanol–water partition coefficient (Wildman–Crippen LogP) is 2.34. The standard InChI is InChI=1S/C12H11ClN2O2S/c13-10-6-8(14)7-11(12(10)15)18(16,17)9-4-2-1-3-5-9/h1-7H,14-15H2. The third-order valence-electron chi connectivity index (χ3n) is 2.46. The molecule has 0 heterocycles. The fourth-order valence-electron chi connectivity index (χ4n) is 1.56. The second kappa shape index (κ2) is 4.51. The maximum absolute atomic E-state index is 12.4. The summed E-state index contributed by atoms with van der Waals surface area (Å²) >= 11 is 5.84. The average molecular weight is 283 g/mol. The van der Waals surface area contributed by atoms with Gasteiger partial charge in [-0.3, -0.25) is 0 Å². The molecule has 0 aliphatic rings. The molecule has 94 valence electrons. The molecule has 0 saturated carbocycles. The van der Waals surface area contributed by atoms with Gasteiger partial charge in [-0.25, -0.2) is 8.42 Å². The van der Waals surface area contributed by atoms with Gasteiger partial charge >= 0.3 is 0 Å². The van der Waals surface area contributed by atoms with Crippen molar-refractivity contribution in [3.8, 4) is 0 Å². The molecule has 0 aliphatic carbocycles. The minimum atomic E-state index is -3.70. The van der Waals surface area contributed by atoms with Gasteiger partial charge < -0.3 is 11.5 Å². The van der Waals surface area contributed by atoms with Crippen molar-refractivity contribution in [3.05, 3.63) is 47.5 Å². The highest BCUT2D eigenvalue weighted by molar-refractivity contribution is 7.91. The van der Waals surface area contributed by atoms with Gasteiger partial charge in [0.2, 0.25) is 9.84 Å². The lowest BCUT2D eigenvalue weighted by atomic mass is 10.3. The molecule has 0 aromatic heterocycles. The van der Waals surface area contributed by atoms with Gasteiger partial charge in [0.1, 0.15) is 0 Å². The zero-order chi connectivity index (χ0) is 13.3. The zero-order valence-electron chi connectivity index (χ0n) is 9.30. The van der Waals surface area contributed by atoms with Gasteiger partial charge in [-0.2, -0.15) is 0 Å². The van der Waals surface area contributed by atoms with E-state index in [1.807, 2.05) is 0 Å². The summed E-state index contributed by atoms with van der Waals surface area (Å²) in [7, 11) is -3.70. The second-order valence-corrected chi connectivity index (χ2v) is 6.06. The fraction of sp³-hybridized carbons (Fsp3) is 0. The normalized spacial score (nSPS) is 11.4. The van der Waals surface area contributed by atoms with E-state index in [0.29, 0.717) is 0 Å². The Hall–Kier alpha value is -1.72. The molecule has 0 fully saturated rings. The molecule has 2 rings (SSSR count). The molecule has 0 atom stereocenters. The predicted molar refractivity (Wildman–Crippen MR) is 72.2 cm³/mol. The lowest BCUT2D eigenvalue weighted by molar-refractivity contribution is 0.596. The summed E-state index contributed by atoms with van der Waals surface area (Å²) in [6.45, 7) is 0. The Kier molecular flexibility index (Phi) is 3.19. The van der Waals surface area contributed by atoms with E-state index in [2.05, 4.69) is 0 Å². The number of hydrogen-bond donors (Lipinski definition) is 2. The van der Waals surface area contributed by atoms with E-state index in [1.165, 1.54) is 24.3 Å². The van der Waals surface area contributed by atoms with Crippen molar-refractivity contribution in [2.75, 3.05) is 11.5 Å². The number of benzene rings is 2. The third-order valence-corrected chi connectivity index (χ3v) is 4.58. The first-order chi connectivity index (χ1) is 8.43. The average Bonchev–Trinajstić information content (AvgIpc) is 2.34. The van der Waals surface area contributed by atoms with E-state index in [0.717, 1.165) is 0 Å². The quantitative estimate of drug-likeness (QED) is 0.828. The van der Waals surface area contributed by atoms with Crippen LogP contribution in [0, 0.1) is 0 Å². The number of halogens is 1. The van der Waals surface area contributed by atoms with Crippen molar-refractivity contribution < 1.29 is 8.42 Å². The van der Waals surface area contributed by atoms with Crippen LogP contribution in [0.2, 0.25) is 5.02 Å². The number of sulfone groups is 1. The van der Waals surface area contributed by atoms with Crippen LogP contribution in [-0.4, -0.2) is 8.42 Å². The molecule has 0 unspecified atom stereocenters. The molecule has 0 radical (unpaired) electrons. The van der Waals surface area contributed by atoms with Crippen LogP contribution in [0.25, 0.3) is 0 Å². The Morgan fingerprint density at radius 2 is 1.61 bits per heavy atom. The van der Waals surface area contributed by atoms with E-state index in [-0.39, 0.29) is 26.2 Å². The molecule has 0 bridgehead atoms. The molecule has 0 aliphatic heterocycles. The van der Waals surface area contributed by atoms with Gasteiger partial charge in [-0.05, 0) is 24.3 Å². The summed E-state index contributed by atoms with van der Waals surface area (Å²) in [4.78, 5) is 0.0806. The van der Waals surface area contributed by atoms with Crippen molar-refractivity contribution in [2.24, 2.45) is 0 Å². The van der Waals surface area contributed by atoms with E-state index in [4.69, 9.17) is 23.1 Å². The summed E-state index contributed by atoms with van der Waals surface area (Å²) in [5, 5.41) is 0.129. The lowest BCUT2D eigenvalue weighted by Gasteiger charge is -2.10. The highest BCUT2D eigenvalue weighted by Gasteiger charge is 2.22. The summed E-state index contributed by atoms with van der Waals surface area (Å²) in [5.74, 6) is 0. The lowest BCUT2D eigenvalue weighted by Crippen LogP contribution is -2.07. The molecule has 2 aromatic rings. The van der Waals surface area contributed by atoms with Crippen LogP contribution in [-0.2, 0) is 9.84 Å². The molecule has 18 heavy (non-hydrogen) atoms. The van der Waals surface area contributed by atoms with E-state index in [9.17, 15) is 8.42 Å². The molecule has 6 heteroatoms. The van der Waals surface area contributed by atoms with Crippen molar-refractivity contribution in [2.45, 2.75) is 9.79 Å². The largest absolute Gasteiger partial charge is 0.399 e. The minimum absolute atomic E-state index is 0.00900. The number of nitrogen functional groups attached to an aromatic ring is 2. The Labute approximate surface area is 110 Å². The molecule has 0 saturated heterocycles.